The maximum atomic E-state index is 12.6. The summed E-state index contributed by atoms with van der Waals surface area (Å²) in [6, 6.07) is 5.16. The summed E-state index contributed by atoms with van der Waals surface area (Å²) >= 11 is 1.03. The number of nitrogens with zero attached hydrogens (tertiary/aromatic N) is 3. The second-order valence-corrected chi connectivity index (χ2v) is 7.06. The van der Waals surface area contributed by atoms with Crippen molar-refractivity contribution in [1.29, 1.82) is 0 Å². The number of benzene rings is 1. The number of aromatic nitrogens is 2. The van der Waals surface area contributed by atoms with E-state index >= 15 is 0 Å². The Balaban J connectivity index is 0.00000147. The summed E-state index contributed by atoms with van der Waals surface area (Å²) in [5.41, 5.74) is 6.90. The van der Waals surface area contributed by atoms with Crippen molar-refractivity contribution in [2.24, 2.45) is 5.73 Å². The van der Waals surface area contributed by atoms with E-state index in [9.17, 15) is 8.42 Å². The number of hydrogen-bond acceptors (Lipinski definition) is 6. The predicted molar refractivity (Wildman–Crippen MR) is 80.6 cm³/mol. The smallest absolute Gasteiger partial charge is 0.245 e. The molecule has 0 bridgehead atoms. The summed E-state index contributed by atoms with van der Waals surface area (Å²) in [7, 11) is -3.50. The molecule has 0 amide bonds. The van der Waals surface area contributed by atoms with Crippen LogP contribution < -0.4 is 5.73 Å². The molecule has 2 aromatic rings. The molecular formula is C11H15ClN4O2S2. The van der Waals surface area contributed by atoms with Gasteiger partial charge in [-0.1, -0.05) is 6.07 Å². The van der Waals surface area contributed by atoms with Gasteiger partial charge in [0.2, 0.25) is 10.0 Å². The Hall–Kier alpha value is -0.800. The molecule has 0 saturated carbocycles. The van der Waals surface area contributed by atoms with Crippen molar-refractivity contribution in [3.63, 3.8) is 0 Å². The number of sulfonamides is 1. The normalized spacial score (nSPS) is 18.1. The molecule has 20 heavy (non-hydrogen) atoms. The van der Waals surface area contributed by atoms with Gasteiger partial charge >= 0.3 is 0 Å². The van der Waals surface area contributed by atoms with Crippen molar-refractivity contribution >= 4 is 45.2 Å². The fourth-order valence-electron chi connectivity index (χ4n) is 2.24. The quantitative estimate of drug-likeness (QED) is 0.892. The number of fused-ring (bicyclic) bond motifs is 1. The predicted octanol–water partition coefficient (Wildman–Crippen LogP) is 1.22. The van der Waals surface area contributed by atoms with Gasteiger partial charge in [-0.15, -0.1) is 12.4 Å². The SMILES string of the molecule is Cl.NC1CCN(S(=O)(=O)c2cccc3nsnc23)CC1. The molecule has 0 aliphatic carbocycles. The maximum Gasteiger partial charge on any atom is 0.245 e. The molecule has 3 rings (SSSR count). The summed E-state index contributed by atoms with van der Waals surface area (Å²) < 4.78 is 34.9. The molecule has 1 aromatic carbocycles. The lowest BCUT2D eigenvalue weighted by atomic mass is 10.1. The second kappa shape index (κ2) is 5.90. The highest BCUT2D eigenvalue weighted by atomic mass is 35.5. The zero-order valence-electron chi connectivity index (χ0n) is 10.6. The van der Waals surface area contributed by atoms with Crippen LogP contribution in [0.25, 0.3) is 11.0 Å². The fourth-order valence-corrected chi connectivity index (χ4v) is 4.47. The number of nitrogens with two attached hydrogens (primary N) is 1. The minimum Gasteiger partial charge on any atom is -0.328 e. The van der Waals surface area contributed by atoms with Gasteiger partial charge in [-0.3, -0.25) is 0 Å². The Kier molecular flexibility index (Phi) is 4.60. The topological polar surface area (TPSA) is 89.2 Å². The molecule has 1 aliphatic heterocycles. The summed E-state index contributed by atoms with van der Waals surface area (Å²) in [5.74, 6) is 0. The highest BCUT2D eigenvalue weighted by Gasteiger charge is 2.30. The van der Waals surface area contributed by atoms with Gasteiger partial charge < -0.3 is 5.73 Å². The molecule has 1 saturated heterocycles. The molecule has 1 aromatic heterocycles. The van der Waals surface area contributed by atoms with Gasteiger partial charge in [0.1, 0.15) is 15.9 Å². The van der Waals surface area contributed by atoms with Crippen LogP contribution in [0.3, 0.4) is 0 Å². The van der Waals surface area contributed by atoms with Crippen LogP contribution in [-0.2, 0) is 10.0 Å². The average molecular weight is 335 g/mol. The molecular weight excluding hydrogens is 320 g/mol. The molecule has 0 radical (unpaired) electrons. The van der Waals surface area contributed by atoms with E-state index < -0.39 is 10.0 Å². The monoisotopic (exact) mass is 334 g/mol. The van der Waals surface area contributed by atoms with Gasteiger partial charge in [-0.2, -0.15) is 13.1 Å². The van der Waals surface area contributed by atoms with Crippen LogP contribution in [0.4, 0.5) is 0 Å². The molecule has 1 fully saturated rings. The number of rotatable bonds is 2. The van der Waals surface area contributed by atoms with Crippen LogP contribution in [0.1, 0.15) is 12.8 Å². The largest absolute Gasteiger partial charge is 0.328 e. The molecule has 1 aliphatic rings. The summed E-state index contributed by atoms with van der Waals surface area (Å²) in [5, 5.41) is 0. The molecule has 2 heterocycles. The van der Waals surface area contributed by atoms with E-state index in [1.54, 1.807) is 18.2 Å². The molecule has 110 valence electrons. The first-order chi connectivity index (χ1) is 9.09. The Labute approximate surface area is 127 Å². The zero-order valence-corrected chi connectivity index (χ0v) is 13.0. The van der Waals surface area contributed by atoms with E-state index in [0.717, 1.165) is 11.7 Å². The Morgan fingerprint density at radius 1 is 1.25 bits per heavy atom. The van der Waals surface area contributed by atoms with E-state index in [-0.39, 0.29) is 23.3 Å². The van der Waals surface area contributed by atoms with Crippen molar-refractivity contribution in [2.75, 3.05) is 13.1 Å². The molecule has 6 nitrogen and oxygen atoms in total. The van der Waals surface area contributed by atoms with Crippen LogP contribution in [0.2, 0.25) is 0 Å². The molecule has 9 heteroatoms. The third kappa shape index (κ3) is 2.66. The molecule has 2 N–H and O–H groups in total. The third-order valence-corrected chi connectivity index (χ3v) is 5.84. The Morgan fingerprint density at radius 2 is 1.95 bits per heavy atom. The van der Waals surface area contributed by atoms with Crippen LogP contribution >= 0.6 is 24.1 Å². The number of hydrogen-bond donors (Lipinski definition) is 1. The van der Waals surface area contributed by atoms with Crippen LogP contribution in [0, 0.1) is 0 Å². The van der Waals surface area contributed by atoms with Gasteiger partial charge in [-0.05, 0) is 25.0 Å². The molecule has 0 atom stereocenters. The zero-order chi connectivity index (χ0) is 13.5. The molecule has 0 unspecified atom stereocenters. The maximum absolute atomic E-state index is 12.6. The minimum atomic E-state index is -3.50. The lowest BCUT2D eigenvalue weighted by molar-refractivity contribution is 0.320. The first-order valence-corrected chi connectivity index (χ1v) is 8.23. The highest BCUT2D eigenvalue weighted by molar-refractivity contribution is 7.89. The van der Waals surface area contributed by atoms with Gasteiger partial charge in [0, 0.05) is 19.1 Å². The second-order valence-electron chi connectivity index (χ2n) is 4.63. The van der Waals surface area contributed by atoms with Crippen LogP contribution in [-0.4, -0.2) is 40.6 Å². The Morgan fingerprint density at radius 3 is 2.65 bits per heavy atom. The van der Waals surface area contributed by atoms with Gasteiger partial charge in [0.15, 0.2) is 0 Å². The standard InChI is InChI=1S/C11H14N4O2S2.ClH/c12-8-4-6-15(7-5-8)19(16,17)10-3-1-2-9-11(10)14-18-13-9;/h1-3,8H,4-7,12H2;1H. The van der Waals surface area contributed by atoms with E-state index in [0.29, 0.717) is 37.0 Å². The van der Waals surface area contributed by atoms with Crippen molar-refractivity contribution in [2.45, 2.75) is 23.8 Å². The van der Waals surface area contributed by atoms with Gasteiger partial charge in [-0.25, -0.2) is 8.42 Å². The molecule has 0 spiro atoms. The van der Waals surface area contributed by atoms with Crippen molar-refractivity contribution in [3.8, 4) is 0 Å². The lowest BCUT2D eigenvalue weighted by Gasteiger charge is -2.29. The van der Waals surface area contributed by atoms with E-state index in [1.165, 1.54) is 4.31 Å². The number of halogens is 1. The first-order valence-electron chi connectivity index (χ1n) is 6.06. The van der Waals surface area contributed by atoms with Crippen LogP contribution in [0.5, 0.6) is 0 Å². The van der Waals surface area contributed by atoms with Crippen molar-refractivity contribution in [3.05, 3.63) is 18.2 Å². The summed E-state index contributed by atoms with van der Waals surface area (Å²) in [6.07, 6.45) is 1.40. The van der Waals surface area contributed by atoms with Crippen molar-refractivity contribution in [1.82, 2.24) is 13.1 Å². The fraction of sp³-hybridized carbons (Fsp3) is 0.455. The summed E-state index contributed by atoms with van der Waals surface area (Å²) in [6.45, 7) is 0.939. The first kappa shape index (κ1) is 15.6. The summed E-state index contributed by atoms with van der Waals surface area (Å²) in [4.78, 5) is 0.245. The number of piperidine rings is 1. The van der Waals surface area contributed by atoms with E-state index in [1.807, 2.05) is 0 Å². The Bertz CT molecular complexity index is 695. The van der Waals surface area contributed by atoms with Gasteiger partial charge in [0.25, 0.3) is 0 Å². The van der Waals surface area contributed by atoms with Gasteiger partial charge in [0.05, 0.1) is 11.7 Å². The van der Waals surface area contributed by atoms with Crippen LogP contribution in [0.15, 0.2) is 23.1 Å². The van der Waals surface area contributed by atoms with E-state index in [4.69, 9.17) is 5.73 Å². The highest BCUT2D eigenvalue weighted by Crippen LogP contribution is 2.26. The van der Waals surface area contributed by atoms with Crippen molar-refractivity contribution < 1.29 is 8.42 Å². The third-order valence-electron chi connectivity index (χ3n) is 3.37. The van der Waals surface area contributed by atoms with E-state index in [2.05, 4.69) is 8.75 Å². The lowest BCUT2D eigenvalue weighted by Crippen LogP contribution is -2.42. The minimum absolute atomic E-state index is 0. The average Bonchev–Trinajstić information content (AvgIpc) is 2.87.